The zero-order valence-electron chi connectivity index (χ0n) is 18.7. The Morgan fingerprint density at radius 3 is 2.55 bits per heavy atom. The molecule has 33 heavy (non-hydrogen) atoms. The molecular formula is C22H27F2N7O2. The number of fused-ring (bicyclic) bond motifs is 1. The van der Waals surface area contributed by atoms with Gasteiger partial charge in [-0.1, -0.05) is 6.42 Å². The van der Waals surface area contributed by atoms with Gasteiger partial charge >= 0.3 is 0 Å². The Morgan fingerprint density at radius 1 is 1.24 bits per heavy atom. The van der Waals surface area contributed by atoms with Crippen molar-refractivity contribution < 1.29 is 18.3 Å². The van der Waals surface area contributed by atoms with Crippen molar-refractivity contribution in [1.82, 2.24) is 14.8 Å². The number of carbonyl (C=O) groups is 1. The molecule has 0 saturated heterocycles. The molecule has 1 aliphatic carbocycles. The van der Waals surface area contributed by atoms with Crippen LogP contribution >= 0.6 is 0 Å². The number of carbonyl (C=O) groups excluding carboxylic acids is 1. The lowest BCUT2D eigenvalue weighted by Gasteiger charge is -2.37. The van der Waals surface area contributed by atoms with Gasteiger partial charge in [-0.2, -0.15) is 0 Å². The van der Waals surface area contributed by atoms with E-state index < -0.39 is 17.5 Å². The van der Waals surface area contributed by atoms with Gasteiger partial charge in [0, 0.05) is 24.8 Å². The third kappa shape index (κ3) is 4.28. The summed E-state index contributed by atoms with van der Waals surface area (Å²) in [6, 6.07) is 3.43. The van der Waals surface area contributed by atoms with Gasteiger partial charge in [0.25, 0.3) is 5.91 Å². The third-order valence-electron chi connectivity index (χ3n) is 6.08. The lowest BCUT2D eigenvalue weighted by atomic mass is 9.77. The topological polar surface area (TPSA) is 133 Å². The number of anilines is 3. The molecule has 1 aromatic carbocycles. The number of hydrogen-bond acceptors (Lipinski definition) is 7. The van der Waals surface area contributed by atoms with Crippen molar-refractivity contribution in [3.8, 4) is 5.88 Å². The van der Waals surface area contributed by atoms with Crippen molar-refractivity contribution in [3.63, 3.8) is 0 Å². The Balaban J connectivity index is 1.73. The van der Waals surface area contributed by atoms with Crippen molar-refractivity contribution in [3.05, 3.63) is 35.4 Å². The number of rotatable bonds is 8. The number of amides is 1. The van der Waals surface area contributed by atoms with Gasteiger partial charge in [0.1, 0.15) is 11.3 Å². The second-order valence-corrected chi connectivity index (χ2v) is 8.41. The lowest BCUT2D eigenvalue weighted by molar-refractivity contribution is 0.100. The lowest BCUT2D eigenvalue weighted by Crippen LogP contribution is -2.46. The predicted molar refractivity (Wildman–Crippen MR) is 122 cm³/mol. The van der Waals surface area contributed by atoms with E-state index in [4.69, 9.17) is 16.2 Å². The van der Waals surface area contributed by atoms with Gasteiger partial charge in [-0.05, 0) is 43.9 Å². The molecular weight excluding hydrogens is 432 g/mol. The van der Waals surface area contributed by atoms with E-state index in [2.05, 4.69) is 20.7 Å². The molecule has 0 bridgehead atoms. The summed E-state index contributed by atoms with van der Waals surface area (Å²) in [5.74, 6) is -1.68. The molecule has 0 spiro atoms. The first-order valence-corrected chi connectivity index (χ1v) is 10.7. The quantitative estimate of drug-likeness (QED) is 0.407. The predicted octanol–water partition coefficient (Wildman–Crippen LogP) is 3.03. The zero-order chi connectivity index (χ0) is 23.9. The molecule has 1 aliphatic rings. The minimum atomic E-state index is -0.876. The highest BCUT2D eigenvalue weighted by Crippen LogP contribution is 2.34. The summed E-state index contributed by atoms with van der Waals surface area (Å²) < 4.78 is 36.2. The fourth-order valence-corrected chi connectivity index (χ4v) is 4.20. The number of primary amides is 1. The van der Waals surface area contributed by atoms with E-state index in [1.807, 2.05) is 6.92 Å². The van der Waals surface area contributed by atoms with Gasteiger partial charge in [-0.25, -0.2) is 13.8 Å². The van der Waals surface area contributed by atoms with Crippen LogP contribution in [0.25, 0.3) is 10.9 Å². The molecule has 0 unspecified atom stereocenters. The van der Waals surface area contributed by atoms with Crippen molar-refractivity contribution in [2.75, 3.05) is 17.7 Å². The summed E-state index contributed by atoms with van der Waals surface area (Å²) >= 11 is 0. The molecule has 1 saturated carbocycles. The van der Waals surface area contributed by atoms with E-state index in [1.165, 1.54) is 17.9 Å². The molecule has 176 valence electrons. The maximum Gasteiger partial charge on any atom is 0.252 e. The Labute approximate surface area is 189 Å². The van der Waals surface area contributed by atoms with Gasteiger partial charge in [0.15, 0.2) is 17.5 Å². The Morgan fingerprint density at radius 2 is 1.97 bits per heavy atom. The second-order valence-electron chi connectivity index (χ2n) is 8.41. The first-order valence-electron chi connectivity index (χ1n) is 10.7. The Hall–Kier alpha value is -3.47. The van der Waals surface area contributed by atoms with Crippen molar-refractivity contribution in [1.29, 1.82) is 0 Å². The van der Waals surface area contributed by atoms with Gasteiger partial charge in [0.2, 0.25) is 5.88 Å². The molecule has 0 aliphatic heterocycles. The number of methoxy groups -OCH3 is 1. The highest BCUT2D eigenvalue weighted by molar-refractivity contribution is 5.99. The average molecular weight is 460 g/mol. The van der Waals surface area contributed by atoms with E-state index in [0.29, 0.717) is 11.3 Å². The third-order valence-corrected chi connectivity index (χ3v) is 6.08. The minimum absolute atomic E-state index is 0.00922. The van der Waals surface area contributed by atoms with Gasteiger partial charge in [-0.3, -0.25) is 9.48 Å². The molecule has 2 aromatic heterocycles. The number of hydrogen-bond donors (Lipinski definition) is 4. The number of nitrogens with one attached hydrogen (secondary N) is 2. The monoisotopic (exact) mass is 459 g/mol. The number of pyridine rings is 1. The Bertz CT molecular complexity index is 1210. The minimum Gasteiger partial charge on any atom is -0.479 e. The maximum absolute atomic E-state index is 14.8. The highest BCUT2D eigenvalue weighted by atomic mass is 19.1. The fourth-order valence-electron chi connectivity index (χ4n) is 4.20. The van der Waals surface area contributed by atoms with Gasteiger partial charge < -0.3 is 26.8 Å². The van der Waals surface area contributed by atoms with Gasteiger partial charge in [-0.15, -0.1) is 5.10 Å². The van der Waals surface area contributed by atoms with Crippen molar-refractivity contribution in [2.24, 2.45) is 24.4 Å². The molecule has 3 aromatic rings. The van der Waals surface area contributed by atoms with E-state index in [1.54, 1.807) is 13.1 Å². The molecule has 11 heteroatoms. The van der Waals surface area contributed by atoms with Crippen molar-refractivity contribution in [2.45, 2.75) is 38.3 Å². The average Bonchev–Trinajstić information content (AvgIpc) is 3.03. The number of aromatic nitrogens is 3. The molecule has 6 N–H and O–H groups in total. The molecule has 1 amide bonds. The number of aryl methyl sites for hydroxylation is 1. The first-order chi connectivity index (χ1) is 15.7. The number of benzene rings is 1. The molecule has 2 heterocycles. The van der Waals surface area contributed by atoms with Crippen LogP contribution in [0.2, 0.25) is 0 Å². The Kier molecular flexibility index (Phi) is 6.07. The number of nitrogens with zero attached hydrogens (tertiary/aromatic N) is 3. The fraction of sp³-hybridized carbons (Fsp3) is 0.409. The van der Waals surface area contributed by atoms with E-state index in [-0.39, 0.29) is 46.4 Å². The van der Waals surface area contributed by atoms with Crippen LogP contribution in [-0.2, 0) is 7.05 Å². The summed E-state index contributed by atoms with van der Waals surface area (Å²) in [6.07, 6.45) is 3.10. The van der Waals surface area contributed by atoms with Crippen LogP contribution in [0.15, 0.2) is 18.2 Å². The number of nitrogens with two attached hydrogens (primary N) is 2. The van der Waals surface area contributed by atoms with Crippen LogP contribution in [0.5, 0.6) is 5.88 Å². The maximum atomic E-state index is 14.8. The summed E-state index contributed by atoms with van der Waals surface area (Å²) in [5.41, 5.74) is 11.9. The number of ether oxygens (including phenoxy) is 1. The van der Waals surface area contributed by atoms with Crippen molar-refractivity contribution >= 4 is 34.1 Å². The van der Waals surface area contributed by atoms with E-state index in [9.17, 15) is 13.6 Å². The highest BCUT2D eigenvalue weighted by Gasteiger charge is 2.31. The molecule has 0 radical (unpaired) electrons. The summed E-state index contributed by atoms with van der Waals surface area (Å²) in [7, 11) is 3.03. The normalized spacial score (nSPS) is 15.7. The second kappa shape index (κ2) is 8.81. The van der Waals surface area contributed by atoms with Gasteiger partial charge in [0.05, 0.1) is 18.1 Å². The van der Waals surface area contributed by atoms with E-state index >= 15 is 0 Å². The summed E-state index contributed by atoms with van der Waals surface area (Å²) in [6.45, 7) is 1.85. The van der Waals surface area contributed by atoms with Crippen LogP contribution < -0.4 is 26.8 Å². The molecule has 2 atom stereocenters. The van der Waals surface area contributed by atoms with Crippen LogP contribution in [0, 0.1) is 17.6 Å². The summed E-state index contributed by atoms with van der Waals surface area (Å²) in [4.78, 5) is 16.3. The smallest absolute Gasteiger partial charge is 0.252 e. The van der Waals surface area contributed by atoms with Crippen LogP contribution in [-0.4, -0.2) is 39.9 Å². The molecule has 4 rings (SSSR count). The zero-order valence-corrected chi connectivity index (χ0v) is 18.7. The number of halogens is 2. The first kappa shape index (κ1) is 22.7. The molecule has 1 fully saturated rings. The SMILES string of the molecule is COc1nn(C)c2c(F)cc(Nc3nc(N[C@H](C4CCC4)[C@H](C)N)c(F)cc3C(N)=O)cc12. The van der Waals surface area contributed by atoms with E-state index in [0.717, 1.165) is 25.3 Å². The molecule has 9 nitrogen and oxygen atoms in total. The van der Waals surface area contributed by atoms with Crippen LogP contribution in [0.4, 0.5) is 26.1 Å². The summed E-state index contributed by atoms with van der Waals surface area (Å²) in [5, 5.41) is 10.5. The van der Waals surface area contributed by atoms with Crippen LogP contribution in [0.1, 0.15) is 36.5 Å². The standard InChI is InChI=1S/C22H27F2N7O2/c1-10(25)17(11-5-4-6-11)28-21-16(24)9-14(19(26)32)20(29-21)27-12-7-13-18(15(23)8-12)31(2)30-22(13)33-3/h7-11,17H,4-6,25H2,1-3H3,(H2,26,32)(H2,27,28,29)/t10-,17-/m0/s1. The largest absolute Gasteiger partial charge is 0.479 e. The van der Waals surface area contributed by atoms with Crippen LogP contribution in [0.3, 0.4) is 0 Å².